The smallest absolute Gasteiger partial charge is 0.248 e. The van der Waals surface area contributed by atoms with Gasteiger partial charge in [-0.25, -0.2) is 0 Å². The molecule has 98 valence electrons. The Morgan fingerprint density at radius 2 is 2.17 bits per heavy atom. The molecule has 0 unspecified atom stereocenters. The molecule has 0 aliphatic heterocycles. The molecule has 0 spiro atoms. The van der Waals surface area contributed by atoms with Crippen LogP contribution in [0.3, 0.4) is 0 Å². The van der Waals surface area contributed by atoms with Crippen molar-refractivity contribution in [3.8, 4) is 0 Å². The summed E-state index contributed by atoms with van der Waals surface area (Å²) in [7, 11) is 0. The number of hydrogen-bond donors (Lipinski definition) is 2. The predicted molar refractivity (Wildman–Crippen MR) is 74.6 cm³/mol. The van der Waals surface area contributed by atoms with E-state index in [0.717, 1.165) is 24.7 Å². The van der Waals surface area contributed by atoms with Gasteiger partial charge in [0.1, 0.15) is 0 Å². The van der Waals surface area contributed by atoms with E-state index in [9.17, 15) is 4.79 Å². The van der Waals surface area contributed by atoms with Crippen LogP contribution >= 0.6 is 0 Å². The van der Waals surface area contributed by atoms with E-state index < -0.39 is 5.91 Å². The highest BCUT2D eigenvalue weighted by Crippen LogP contribution is 2.31. The Morgan fingerprint density at radius 3 is 2.67 bits per heavy atom. The summed E-state index contributed by atoms with van der Waals surface area (Å²) in [5, 5.41) is 0. The number of anilines is 2. The van der Waals surface area contributed by atoms with Gasteiger partial charge in [-0.15, -0.1) is 0 Å². The van der Waals surface area contributed by atoms with Gasteiger partial charge in [0.15, 0.2) is 0 Å². The molecule has 1 aliphatic carbocycles. The molecule has 1 saturated carbocycles. The summed E-state index contributed by atoms with van der Waals surface area (Å²) in [5.74, 6) is 0.359. The van der Waals surface area contributed by atoms with Crippen molar-refractivity contribution in [2.75, 3.05) is 23.7 Å². The van der Waals surface area contributed by atoms with Gasteiger partial charge >= 0.3 is 0 Å². The van der Waals surface area contributed by atoms with E-state index in [2.05, 4.69) is 11.8 Å². The maximum atomic E-state index is 11.2. The Morgan fingerprint density at radius 1 is 1.44 bits per heavy atom. The Hall–Kier alpha value is -1.71. The number of nitrogens with zero attached hydrogens (tertiary/aromatic N) is 1. The number of carbonyl (C=O) groups is 1. The summed E-state index contributed by atoms with van der Waals surface area (Å²) in [6.07, 6.45) is 3.93. The van der Waals surface area contributed by atoms with Crippen LogP contribution in [0, 0.1) is 5.92 Å². The Balaban J connectivity index is 2.22. The predicted octanol–water partition coefficient (Wildman–Crippen LogP) is 1.99. The summed E-state index contributed by atoms with van der Waals surface area (Å²) >= 11 is 0. The Bertz CT molecular complexity index is 441. The van der Waals surface area contributed by atoms with Gasteiger partial charge in [-0.05, 0) is 43.9 Å². The average Bonchev–Trinajstić information content (AvgIpc) is 2.29. The third kappa shape index (κ3) is 2.58. The number of hydrogen-bond acceptors (Lipinski definition) is 3. The molecule has 1 aromatic carbocycles. The summed E-state index contributed by atoms with van der Waals surface area (Å²) in [4.78, 5) is 13.5. The van der Waals surface area contributed by atoms with Crippen molar-refractivity contribution in [2.45, 2.75) is 26.2 Å². The van der Waals surface area contributed by atoms with E-state index in [1.54, 1.807) is 18.2 Å². The molecule has 1 aliphatic rings. The summed E-state index contributed by atoms with van der Waals surface area (Å²) in [6, 6.07) is 5.25. The van der Waals surface area contributed by atoms with Crippen LogP contribution < -0.4 is 16.4 Å². The van der Waals surface area contributed by atoms with Crippen molar-refractivity contribution < 1.29 is 4.79 Å². The molecule has 2 rings (SSSR count). The van der Waals surface area contributed by atoms with Gasteiger partial charge in [-0.2, -0.15) is 0 Å². The lowest BCUT2D eigenvalue weighted by Crippen LogP contribution is -2.33. The zero-order valence-corrected chi connectivity index (χ0v) is 10.9. The molecule has 1 aromatic rings. The van der Waals surface area contributed by atoms with Crippen LogP contribution in [-0.4, -0.2) is 19.0 Å². The quantitative estimate of drug-likeness (QED) is 0.782. The van der Waals surface area contributed by atoms with Crippen molar-refractivity contribution >= 4 is 17.3 Å². The number of benzene rings is 1. The number of nitrogens with two attached hydrogens (primary N) is 2. The second-order valence-electron chi connectivity index (χ2n) is 4.97. The minimum Gasteiger partial charge on any atom is -0.397 e. The molecule has 0 heterocycles. The summed E-state index contributed by atoms with van der Waals surface area (Å²) < 4.78 is 0. The van der Waals surface area contributed by atoms with Crippen LogP contribution in [0.1, 0.15) is 36.5 Å². The van der Waals surface area contributed by atoms with Gasteiger partial charge in [-0.1, -0.05) is 6.42 Å². The summed E-state index contributed by atoms with van der Waals surface area (Å²) in [6.45, 7) is 4.01. The van der Waals surface area contributed by atoms with Crippen LogP contribution in [-0.2, 0) is 0 Å². The third-order valence-electron chi connectivity index (χ3n) is 3.74. The van der Waals surface area contributed by atoms with E-state index in [1.807, 2.05) is 0 Å². The maximum Gasteiger partial charge on any atom is 0.248 e. The highest BCUT2D eigenvalue weighted by molar-refractivity contribution is 5.95. The largest absolute Gasteiger partial charge is 0.397 e. The lowest BCUT2D eigenvalue weighted by molar-refractivity contribution is 0.100. The SMILES string of the molecule is CCN(CC1CCC1)c1cc(C(N)=O)ccc1N. The van der Waals surface area contributed by atoms with E-state index >= 15 is 0 Å². The number of amides is 1. The minimum atomic E-state index is -0.407. The van der Waals surface area contributed by atoms with Crippen molar-refractivity contribution in [1.29, 1.82) is 0 Å². The molecule has 0 bridgehead atoms. The van der Waals surface area contributed by atoms with Crippen LogP contribution in [0.5, 0.6) is 0 Å². The van der Waals surface area contributed by atoms with Gasteiger partial charge in [0, 0.05) is 18.7 Å². The number of carbonyl (C=O) groups excluding carboxylic acids is 1. The van der Waals surface area contributed by atoms with Gasteiger partial charge in [0.25, 0.3) is 0 Å². The van der Waals surface area contributed by atoms with Gasteiger partial charge in [-0.3, -0.25) is 4.79 Å². The van der Waals surface area contributed by atoms with Crippen molar-refractivity contribution in [3.63, 3.8) is 0 Å². The molecular weight excluding hydrogens is 226 g/mol. The first kappa shape index (κ1) is 12.7. The normalized spacial score (nSPS) is 15.2. The first-order valence-corrected chi connectivity index (χ1v) is 6.56. The van der Waals surface area contributed by atoms with Crippen LogP contribution in [0.15, 0.2) is 18.2 Å². The Labute approximate surface area is 108 Å². The highest BCUT2D eigenvalue weighted by Gasteiger charge is 2.21. The average molecular weight is 247 g/mol. The summed E-state index contributed by atoms with van der Waals surface area (Å²) in [5.41, 5.74) is 13.5. The molecule has 4 heteroatoms. The lowest BCUT2D eigenvalue weighted by Gasteiger charge is -2.33. The van der Waals surface area contributed by atoms with Crippen LogP contribution in [0.4, 0.5) is 11.4 Å². The Kier molecular flexibility index (Phi) is 3.75. The fraction of sp³-hybridized carbons (Fsp3) is 0.500. The maximum absolute atomic E-state index is 11.2. The molecule has 0 saturated heterocycles. The highest BCUT2D eigenvalue weighted by atomic mass is 16.1. The zero-order valence-electron chi connectivity index (χ0n) is 10.9. The fourth-order valence-corrected chi connectivity index (χ4v) is 2.36. The van der Waals surface area contributed by atoms with E-state index in [0.29, 0.717) is 11.3 Å². The molecule has 1 amide bonds. The first-order valence-electron chi connectivity index (χ1n) is 6.56. The van der Waals surface area contributed by atoms with Crippen molar-refractivity contribution in [1.82, 2.24) is 0 Å². The van der Waals surface area contributed by atoms with E-state index in [-0.39, 0.29) is 0 Å². The molecule has 0 atom stereocenters. The van der Waals surface area contributed by atoms with Gasteiger partial charge in [0.05, 0.1) is 11.4 Å². The topological polar surface area (TPSA) is 72.3 Å². The number of nitrogen functional groups attached to an aromatic ring is 1. The van der Waals surface area contributed by atoms with Gasteiger partial charge < -0.3 is 16.4 Å². The minimum absolute atomic E-state index is 0.407. The second-order valence-corrected chi connectivity index (χ2v) is 4.97. The van der Waals surface area contributed by atoms with Crippen molar-refractivity contribution in [3.05, 3.63) is 23.8 Å². The van der Waals surface area contributed by atoms with Crippen LogP contribution in [0.25, 0.3) is 0 Å². The number of rotatable bonds is 5. The molecule has 4 nitrogen and oxygen atoms in total. The molecule has 4 N–H and O–H groups in total. The van der Waals surface area contributed by atoms with Gasteiger partial charge in [0.2, 0.25) is 5.91 Å². The molecule has 1 fully saturated rings. The van der Waals surface area contributed by atoms with E-state index in [1.165, 1.54) is 19.3 Å². The third-order valence-corrected chi connectivity index (χ3v) is 3.74. The zero-order chi connectivity index (χ0) is 13.1. The number of primary amides is 1. The van der Waals surface area contributed by atoms with E-state index in [4.69, 9.17) is 11.5 Å². The lowest BCUT2D eigenvalue weighted by atomic mass is 9.85. The molecule has 18 heavy (non-hydrogen) atoms. The molecular formula is C14H21N3O. The second kappa shape index (κ2) is 5.29. The molecule has 0 radical (unpaired) electrons. The van der Waals surface area contributed by atoms with Crippen LogP contribution in [0.2, 0.25) is 0 Å². The molecule has 0 aromatic heterocycles. The first-order chi connectivity index (χ1) is 8.61. The standard InChI is InChI=1S/C14H21N3O/c1-2-17(9-10-4-3-5-10)13-8-11(14(16)18)6-7-12(13)15/h6-8,10H,2-5,9,15H2,1H3,(H2,16,18). The monoisotopic (exact) mass is 247 g/mol. The fourth-order valence-electron chi connectivity index (χ4n) is 2.36. The van der Waals surface area contributed by atoms with Crippen molar-refractivity contribution in [2.24, 2.45) is 11.7 Å².